The SMILES string of the molecule is CCOC(=O)N=[N+]=C(C)C(C)C. The van der Waals surface area contributed by atoms with Gasteiger partial charge in [0.05, 0.1) is 17.3 Å². The molecule has 4 heteroatoms. The molecule has 0 unspecified atom stereocenters. The molecular weight excluding hydrogens is 156 g/mol. The van der Waals surface area contributed by atoms with Crippen molar-refractivity contribution < 1.29 is 14.3 Å². The van der Waals surface area contributed by atoms with Crippen molar-refractivity contribution in [3.05, 3.63) is 0 Å². The van der Waals surface area contributed by atoms with Gasteiger partial charge >= 0.3 is 11.8 Å². The van der Waals surface area contributed by atoms with Crippen LogP contribution < -0.4 is 0 Å². The molecule has 0 aromatic carbocycles. The summed E-state index contributed by atoms with van der Waals surface area (Å²) >= 11 is 0. The van der Waals surface area contributed by atoms with Crippen molar-refractivity contribution in [3.8, 4) is 0 Å². The van der Waals surface area contributed by atoms with Gasteiger partial charge in [0.15, 0.2) is 0 Å². The molecule has 0 saturated carbocycles. The molecule has 0 N–H and O–H groups in total. The molecule has 1 amide bonds. The zero-order chi connectivity index (χ0) is 9.56. The van der Waals surface area contributed by atoms with E-state index in [0.29, 0.717) is 12.5 Å². The molecule has 0 radical (unpaired) electrons. The smallest absolute Gasteiger partial charge is 0.444 e. The van der Waals surface area contributed by atoms with Crippen LogP contribution in [0.5, 0.6) is 0 Å². The molecule has 12 heavy (non-hydrogen) atoms. The lowest BCUT2D eigenvalue weighted by Crippen LogP contribution is -2.04. The van der Waals surface area contributed by atoms with Crippen LogP contribution in [0.2, 0.25) is 0 Å². The molecule has 68 valence electrons. The predicted octanol–water partition coefficient (Wildman–Crippen LogP) is 1.92. The van der Waals surface area contributed by atoms with E-state index in [0.717, 1.165) is 5.71 Å². The topological polar surface area (TPSA) is 52.8 Å². The summed E-state index contributed by atoms with van der Waals surface area (Å²) < 4.78 is 4.56. The quantitative estimate of drug-likeness (QED) is 0.362. The third-order valence-corrected chi connectivity index (χ3v) is 1.39. The van der Waals surface area contributed by atoms with E-state index < -0.39 is 6.09 Å². The first kappa shape index (κ1) is 10.8. The highest BCUT2D eigenvalue weighted by Gasteiger charge is 2.10. The maximum atomic E-state index is 10.7. The molecule has 0 aliphatic carbocycles. The molecule has 0 aromatic heterocycles. The number of nitrogens with zero attached hydrogens (tertiary/aromatic N) is 2. The molecule has 0 spiro atoms. The van der Waals surface area contributed by atoms with Gasteiger partial charge in [0.2, 0.25) is 5.11 Å². The maximum absolute atomic E-state index is 10.7. The predicted molar refractivity (Wildman–Crippen MR) is 45.2 cm³/mol. The van der Waals surface area contributed by atoms with Gasteiger partial charge in [-0.2, -0.15) is 0 Å². The monoisotopic (exact) mass is 171 g/mol. The van der Waals surface area contributed by atoms with Gasteiger partial charge in [-0.15, -0.1) is 0 Å². The van der Waals surface area contributed by atoms with Crippen LogP contribution in [-0.2, 0) is 4.74 Å². The fourth-order valence-corrected chi connectivity index (χ4v) is 0.388. The van der Waals surface area contributed by atoms with Crippen LogP contribution in [0.1, 0.15) is 27.7 Å². The Morgan fingerprint density at radius 1 is 1.58 bits per heavy atom. The summed E-state index contributed by atoms with van der Waals surface area (Å²) in [5.74, 6) is 0.308. The number of carbonyl (C=O) groups is 1. The summed E-state index contributed by atoms with van der Waals surface area (Å²) in [4.78, 5) is 14.4. The van der Waals surface area contributed by atoms with Gasteiger partial charge in [0.25, 0.3) is 0 Å². The second kappa shape index (κ2) is 5.49. The minimum absolute atomic E-state index is 0.308. The summed E-state index contributed by atoms with van der Waals surface area (Å²) in [6.45, 7) is 7.86. The van der Waals surface area contributed by atoms with E-state index in [9.17, 15) is 4.79 Å². The average Bonchev–Trinajstić information content (AvgIpc) is 2.00. The molecule has 0 aromatic rings. The number of ether oxygens (including phenoxy) is 1. The molecule has 4 nitrogen and oxygen atoms in total. The fraction of sp³-hybridized carbons (Fsp3) is 0.750. The second-order valence-electron chi connectivity index (χ2n) is 2.70. The van der Waals surface area contributed by atoms with Crippen molar-refractivity contribution in [1.82, 2.24) is 0 Å². The molecule has 0 saturated heterocycles. The summed E-state index contributed by atoms with van der Waals surface area (Å²) in [7, 11) is 0. The molecule has 0 rings (SSSR count). The van der Waals surface area contributed by atoms with Crippen molar-refractivity contribution in [1.29, 1.82) is 0 Å². The summed E-state index contributed by atoms with van der Waals surface area (Å²) in [5.41, 5.74) is 0.822. The average molecular weight is 171 g/mol. The van der Waals surface area contributed by atoms with Crippen LogP contribution in [0.3, 0.4) is 0 Å². The third-order valence-electron chi connectivity index (χ3n) is 1.39. The van der Waals surface area contributed by atoms with Crippen LogP contribution in [0, 0.1) is 5.92 Å². The Hall–Kier alpha value is -1.15. The Kier molecular flexibility index (Phi) is 4.97. The lowest BCUT2D eigenvalue weighted by atomic mass is 10.1. The highest BCUT2D eigenvalue weighted by Crippen LogP contribution is 1.91. The maximum Gasteiger partial charge on any atom is 0.509 e. The Labute approximate surface area is 72.4 Å². The van der Waals surface area contributed by atoms with Gasteiger partial charge < -0.3 is 4.74 Å². The number of amides is 1. The van der Waals surface area contributed by atoms with E-state index in [4.69, 9.17) is 0 Å². The van der Waals surface area contributed by atoms with Crippen LogP contribution >= 0.6 is 0 Å². The molecule has 0 aliphatic heterocycles. The summed E-state index contributed by atoms with van der Waals surface area (Å²) in [6, 6.07) is 0. The Balaban J connectivity index is 4.20. The van der Waals surface area contributed by atoms with Gasteiger partial charge in [-0.1, -0.05) is 13.8 Å². The van der Waals surface area contributed by atoms with Crippen molar-refractivity contribution in [2.24, 2.45) is 11.0 Å². The van der Waals surface area contributed by atoms with Crippen molar-refractivity contribution in [2.45, 2.75) is 27.7 Å². The second-order valence-corrected chi connectivity index (χ2v) is 2.70. The molecular formula is C8H15N2O2+. The molecule has 0 atom stereocenters. The van der Waals surface area contributed by atoms with Gasteiger partial charge in [-0.05, 0) is 6.92 Å². The Bertz CT molecular complexity index is 215. The molecule has 0 bridgehead atoms. The number of rotatable bonds is 2. The highest BCUT2D eigenvalue weighted by atomic mass is 16.5. The van der Waals surface area contributed by atoms with Gasteiger partial charge in [0.1, 0.15) is 0 Å². The fourth-order valence-electron chi connectivity index (χ4n) is 0.388. The zero-order valence-electron chi connectivity index (χ0n) is 8.00. The van der Waals surface area contributed by atoms with Crippen molar-refractivity contribution in [2.75, 3.05) is 6.61 Å². The van der Waals surface area contributed by atoms with Crippen molar-refractivity contribution in [3.63, 3.8) is 0 Å². The van der Waals surface area contributed by atoms with E-state index in [1.54, 1.807) is 6.92 Å². The van der Waals surface area contributed by atoms with E-state index in [-0.39, 0.29) is 0 Å². The first-order valence-electron chi connectivity index (χ1n) is 3.99. The third kappa shape index (κ3) is 4.63. The number of hydrogen-bond acceptors (Lipinski definition) is 2. The Morgan fingerprint density at radius 2 is 2.17 bits per heavy atom. The molecule has 0 fully saturated rings. The normalized spacial score (nSPS) is 9.08. The summed E-state index contributed by atoms with van der Waals surface area (Å²) in [5, 5.41) is 3.36. The van der Waals surface area contributed by atoms with E-state index in [2.05, 4.69) is 14.6 Å². The highest BCUT2D eigenvalue weighted by molar-refractivity contribution is 5.78. The van der Waals surface area contributed by atoms with E-state index >= 15 is 0 Å². The minimum Gasteiger partial charge on any atom is -0.444 e. The first-order chi connectivity index (χ1) is 5.57. The van der Waals surface area contributed by atoms with Gasteiger partial charge in [0, 0.05) is 6.92 Å². The minimum atomic E-state index is -0.627. The van der Waals surface area contributed by atoms with E-state index in [1.165, 1.54) is 0 Å². The molecule has 0 heterocycles. The lowest BCUT2D eigenvalue weighted by molar-refractivity contribution is -0.0918. The summed E-state index contributed by atoms with van der Waals surface area (Å²) in [6.07, 6.45) is -0.627. The lowest BCUT2D eigenvalue weighted by Gasteiger charge is -1.87. The van der Waals surface area contributed by atoms with Gasteiger partial charge in [-0.25, -0.2) is 4.79 Å². The van der Waals surface area contributed by atoms with Crippen LogP contribution in [0.4, 0.5) is 4.79 Å². The largest absolute Gasteiger partial charge is 0.509 e. The van der Waals surface area contributed by atoms with Crippen LogP contribution in [0.25, 0.3) is 0 Å². The van der Waals surface area contributed by atoms with Gasteiger partial charge in [-0.3, -0.25) is 0 Å². The van der Waals surface area contributed by atoms with Crippen LogP contribution in [0.15, 0.2) is 5.11 Å². The number of hydrogen-bond donors (Lipinski definition) is 0. The molecule has 0 aliphatic rings. The Morgan fingerprint density at radius 3 is 2.58 bits per heavy atom. The standard InChI is InChI=1S/C8H15N2O2/c1-5-12-8(11)10-9-7(4)6(2)3/h6H,5H2,1-4H3/q+1. The van der Waals surface area contributed by atoms with Crippen LogP contribution in [-0.4, -0.2) is 23.2 Å². The number of carbonyl (C=O) groups excluding carboxylic acids is 1. The van der Waals surface area contributed by atoms with E-state index in [1.807, 2.05) is 20.8 Å². The van der Waals surface area contributed by atoms with Crippen molar-refractivity contribution >= 4 is 11.8 Å². The zero-order valence-corrected chi connectivity index (χ0v) is 8.00. The first-order valence-corrected chi connectivity index (χ1v) is 3.99.